The van der Waals surface area contributed by atoms with Crippen molar-refractivity contribution in [1.82, 2.24) is 15.2 Å². The Kier molecular flexibility index (Phi) is 4.20. The van der Waals surface area contributed by atoms with Crippen molar-refractivity contribution in [3.63, 3.8) is 0 Å². The first-order chi connectivity index (χ1) is 13.1. The number of aromatic nitrogens is 3. The van der Waals surface area contributed by atoms with Crippen LogP contribution in [0.25, 0.3) is 11.5 Å². The highest BCUT2D eigenvalue weighted by molar-refractivity contribution is 5.50. The second-order valence-electron chi connectivity index (χ2n) is 8.05. The molecule has 144 valence electrons. The zero-order valence-corrected chi connectivity index (χ0v) is 14.8. The molecule has 2 aliphatic carbocycles. The molecule has 6 rings (SSSR count). The van der Waals surface area contributed by atoms with Gasteiger partial charge in [0.1, 0.15) is 0 Å². The third-order valence-electron chi connectivity index (χ3n) is 5.91. The van der Waals surface area contributed by atoms with Crippen molar-refractivity contribution in [1.29, 1.82) is 0 Å². The van der Waals surface area contributed by atoms with Gasteiger partial charge in [0.25, 0.3) is 5.89 Å². The maximum absolute atomic E-state index is 12.5. The number of nitrogens with zero attached hydrogens (tertiary/aromatic N) is 3. The van der Waals surface area contributed by atoms with Crippen LogP contribution in [-0.4, -0.2) is 33.5 Å². The van der Waals surface area contributed by atoms with Gasteiger partial charge in [0, 0.05) is 6.20 Å². The third kappa shape index (κ3) is 3.36. The Morgan fingerprint density at radius 3 is 2.59 bits per heavy atom. The lowest BCUT2D eigenvalue weighted by molar-refractivity contribution is -0.240. The van der Waals surface area contributed by atoms with Crippen LogP contribution in [0.2, 0.25) is 0 Å². The summed E-state index contributed by atoms with van der Waals surface area (Å²) in [4.78, 5) is 4.31. The first kappa shape index (κ1) is 17.2. The smallest absolute Gasteiger partial charge is 0.314 e. The standard InChI is InChI=1S/C19H21F2N3O3/c20-16(21)18-24-23-17(26-18)13-1-2-14(22-8-13)9-25-10-19-6-11-3-12(7-19)5-15(4-11)27-19/h1-2,8,11-12,15-16H,3-7,9-10H2. The van der Waals surface area contributed by atoms with Gasteiger partial charge in [0.15, 0.2) is 0 Å². The van der Waals surface area contributed by atoms with E-state index in [9.17, 15) is 8.78 Å². The summed E-state index contributed by atoms with van der Waals surface area (Å²) < 4.78 is 42.3. The Morgan fingerprint density at radius 1 is 1.15 bits per heavy atom. The van der Waals surface area contributed by atoms with Gasteiger partial charge < -0.3 is 13.9 Å². The molecule has 6 nitrogen and oxygen atoms in total. The molecule has 2 saturated heterocycles. The highest BCUT2D eigenvalue weighted by Gasteiger charge is 2.52. The molecule has 2 aromatic rings. The van der Waals surface area contributed by atoms with Crippen LogP contribution < -0.4 is 0 Å². The summed E-state index contributed by atoms with van der Waals surface area (Å²) >= 11 is 0. The molecule has 2 unspecified atom stereocenters. The molecule has 0 spiro atoms. The molecule has 8 heteroatoms. The molecular weight excluding hydrogens is 356 g/mol. The number of ether oxygens (including phenoxy) is 2. The van der Waals surface area contributed by atoms with E-state index in [0.717, 1.165) is 30.4 Å². The minimum Gasteiger partial charge on any atom is -0.415 e. The van der Waals surface area contributed by atoms with E-state index < -0.39 is 12.3 Å². The predicted octanol–water partition coefficient (Wildman–Crippen LogP) is 3.93. The lowest BCUT2D eigenvalue weighted by Crippen LogP contribution is -2.56. The molecule has 4 fully saturated rings. The predicted molar refractivity (Wildman–Crippen MR) is 89.8 cm³/mol. The van der Waals surface area contributed by atoms with E-state index in [0.29, 0.717) is 24.9 Å². The molecule has 2 atom stereocenters. The van der Waals surface area contributed by atoms with Crippen molar-refractivity contribution in [3.8, 4) is 11.5 Å². The quantitative estimate of drug-likeness (QED) is 0.760. The number of halogens is 2. The maximum atomic E-state index is 12.5. The zero-order valence-electron chi connectivity index (χ0n) is 14.8. The molecule has 4 aliphatic rings. The summed E-state index contributed by atoms with van der Waals surface area (Å²) in [6, 6.07) is 3.50. The molecular formula is C19H21F2N3O3. The summed E-state index contributed by atoms with van der Waals surface area (Å²) in [5.41, 5.74) is 1.16. The van der Waals surface area contributed by atoms with E-state index in [1.165, 1.54) is 25.5 Å². The Balaban J connectivity index is 1.18. The minimum absolute atomic E-state index is 0.0345. The van der Waals surface area contributed by atoms with Crippen molar-refractivity contribution < 1.29 is 22.7 Å². The van der Waals surface area contributed by atoms with Crippen LogP contribution in [0.1, 0.15) is 50.1 Å². The van der Waals surface area contributed by atoms with Crippen LogP contribution in [0.3, 0.4) is 0 Å². The Morgan fingerprint density at radius 2 is 1.96 bits per heavy atom. The molecule has 2 saturated carbocycles. The molecule has 0 amide bonds. The molecule has 0 aromatic carbocycles. The van der Waals surface area contributed by atoms with Gasteiger partial charge in [0.2, 0.25) is 5.89 Å². The maximum Gasteiger partial charge on any atom is 0.314 e. The monoisotopic (exact) mass is 377 g/mol. The summed E-state index contributed by atoms with van der Waals surface area (Å²) in [7, 11) is 0. The van der Waals surface area contributed by atoms with Crippen molar-refractivity contribution in [2.45, 2.75) is 56.8 Å². The van der Waals surface area contributed by atoms with E-state index in [-0.39, 0.29) is 11.5 Å². The fourth-order valence-corrected chi connectivity index (χ4v) is 5.09. The van der Waals surface area contributed by atoms with E-state index in [4.69, 9.17) is 13.9 Å². The van der Waals surface area contributed by atoms with Gasteiger partial charge in [-0.25, -0.2) is 0 Å². The minimum atomic E-state index is -2.78. The molecule has 0 radical (unpaired) electrons. The first-order valence-electron chi connectivity index (χ1n) is 9.41. The Labute approximate surface area is 155 Å². The third-order valence-corrected chi connectivity index (χ3v) is 5.91. The highest BCUT2D eigenvalue weighted by atomic mass is 19.3. The summed E-state index contributed by atoms with van der Waals surface area (Å²) in [6.45, 7) is 0.985. The van der Waals surface area contributed by atoms with E-state index in [1.54, 1.807) is 12.1 Å². The van der Waals surface area contributed by atoms with Gasteiger partial charge in [-0.3, -0.25) is 4.98 Å². The highest BCUT2D eigenvalue weighted by Crippen LogP contribution is 2.53. The van der Waals surface area contributed by atoms with Crippen molar-refractivity contribution in [2.75, 3.05) is 6.61 Å². The normalized spacial score (nSPS) is 31.7. The molecule has 0 N–H and O–H groups in total. The van der Waals surface area contributed by atoms with Crippen LogP contribution >= 0.6 is 0 Å². The number of pyridine rings is 1. The van der Waals surface area contributed by atoms with Crippen LogP contribution in [-0.2, 0) is 16.1 Å². The van der Waals surface area contributed by atoms with Crippen LogP contribution in [0, 0.1) is 11.8 Å². The van der Waals surface area contributed by atoms with Gasteiger partial charge in [0.05, 0.1) is 36.2 Å². The van der Waals surface area contributed by atoms with E-state index in [1.807, 2.05) is 0 Å². The number of hydrogen-bond acceptors (Lipinski definition) is 6. The fourth-order valence-electron chi connectivity index (χ4n) is 5.09. The SMILES string of the molecule is FC(F)c1nnc(-c2ccc(COCC34CC5CC(CC(C5)O3)C4)nc2)o1. The number of hydrogen-bond donors (Lipinski definition) is 0. The van der Waals surface area contributed by atoms with Crippen molar-refractivity contribution >= 4 is 0 Å². The lowest BCUT2D eigenvalue weighted by atomic mass is 9.62. The lowest BCUT2D eigenvalue weighted by Gasteiger charge is -2.56. The summed E-state index contributed by atoms with van der Waals surface area (Å²) in [5, 5.41) is 6.94. The van der Waals surface area contributed by atoms with Gasteiger partial charge >= 0.3 is 6.43 Å². The zero-order chi connectivity index (χ0) is 18.4. The Hall–Kier alpha value is -1.93. The van der Waals surface area contributed by atoms with Gasteiger partial charge in [-0.05, 0) is 56.1 Å². The summed E-state index contributed by atoms with van der Waals surface area (Å²) in [6.07, 6.45) is 5.17. The molecule has 4 heterocycles. The Bertz CT molecular complexity index is 774. The van der Waals surface area contributed by atoms with Crippen LogP contribution in [0.4, 0.5) is 8.78 Å². The van der Waals surface area contributed by atoms with Gasteiger partial charge in [-0.2, -0.15) is 8.78 Å². The molecule has 27 heavy (non-hydrogen) atoms. The van der Waals surface area contributed by atoms with Crippen LogP contribution in [0.15, 0.2) is 22.7 Å². The number of rotatable bonds is 6. The average molecular weight is 377 g/mol. The van der Waals surface area contributed by atoms with Crippen molar-refractivity contribution in [2.24, 2.45) is 11.8 Å². The molecule has 4 bridgehead atoms. The van der Waals surface area contributed by atoms with Gasteiger partial charge in [-0.1, -0.05) is 0 Å². The van der Waals surface area contributed by atoms with Crippen molar-refractivity contribution in [3.05, 3.63) is 29.9 Å². The first-order valence-corrected chi connectivity index (χ1v) is 9.41. The van der Waals surface area contributed by atoms with E-state index in [2.05, 4.69) is 15.2 Å². The fraction of sp³-hybridized carbons (Fsp3) is 0.632. The van der Waals surface area contributed by atoms with E-state index >= 15 is 0 Å². The average Bonchev–Trinajstić information content (AvgIpc) is 3.11. The topological polar surface area (TPSA) is 70.3 Å². The molecule has 2 aromatic heterocycles. The number of alkyl halides is 2. The summed E-state index contributed by atoms with van der Waals surface area (Å²) in [5.74, 6) is 0.940. The largest absolute Gasteiger partial charge is 0.415 e. The van der Waals surface area contributed by atoms with Gasteiger partial charge in [-0.15, -0.1) is 10.2 Å². The second kappa shape index (κ2) is 6.60. The second-order valence-corrected chi connectivity index (χ2v) is 8.05. The molecule has 2 aliphatic heterocycles. The van der Waals surface area contributed by atoms with Crippen LogP contribution in [0.5, 0.6) is 0 Å².